The third kappa shape index (κ3) is 2.68. The van der Waals surface area contributed by atoms with E-state index >= 15 is 0 Å². The number of likely N-dealkylation sites (N-methyl/N-ethyl adjacent to an activating group) is 2. The number of ether oxygens (including phenoxy) is 1. The Morgan fingerprint density at radius 3 is 2.83 bits per heavy atom. The molecule has 2 aliphatic rings. The van der Waals surface area contributed by atoms with Crippen molar-refractivity contribution >= 4 is 5.97 Å². The molecular weight excluding hydrogens is 232 g/mol. The van der Waals surface area contributed by atoms with Crippen molar-refractivity contribution in [3.63, 3.8) is 0 Å². The Morgan fingerprint density at radius 1 is 1.56 bits per heavy atom. The second kappa shape index (κ2) is 5.55. The summed E-state index contributed by atoms with van der Waals surface area (Å²) in [6.45, 7) is 1.79. The minimum absolute atomic E-state index is 0.337. The molecule has 1 saturated heterocycles. The number of nitrogens with zero attached hydrogens (tertiary/aromatic N) is 1. The van der Waals surface area contributed by atoms with Gasteiger partial charge < -0.3 is 20.1 Å². The highest BCUT2D eigenvalue weighted by molar-refractivity contribution is 5.79. The maximum atomic E-state index is 11.4. The molecule has 2 fully saturated rings. The molecule has 0 bridgehead atoms. The largest absolute Gasteiger partial charge is 0.480 e. The van der Waals surface area contributed by atoms with Crippen LogP contribution in [0.4, 0.5) is 0 Å². The van der Waals surface area contributed by atoms with Crippen LogP contribution in [0.1, 0.15) is 32.1 Å². The average Bonchev–Trinajstić information content (AvgIpc) is 2.97. The molecule has 1 saturated carbocycles. The Balaban J connectivity index is 1.89. The first kappa shape index (κ1) is 13.8. The van der Waals surface area contributed by atoms with E-state index in [9.17, 15) is 9.90 Å². The monoisotopic (exact) mass is 256 g/mol. The molecule has 3 atom stereocenters. The zero-order valence-electron chi connectivity index (χ0n) is 11.3. The van der Waals surface area contributed by atoms with E-state index in [0.29, 0.717) is 25.0 Å². The molecule has 1 aliphatic carbocycles. The van der Waals surface area contributed by atoms with E-state index in [1.54, 1.807) is 7.05 Å². The molecule has 5 heteroatoms. The van der Waals surface area contributed by atoms with Gasteiger partial charge in [0.1, 0.15) is 5.54 Å². The Labute approximate surface area is 108 Å². The topological polar surface area (TPSA) is 61.8 Å². The number of carboxylic acid groups (broad SMARTS) is 1. The zero-order valence-corrected chi connectivity index (χ0v) is 11.3. The first-order valence-electron chi connectivity index (χ1n) is 6.81. The summed E-state index contributed by atoms with van der Waals surface area (Å²) in [5.41, 5.74) is -0.727. The molecule has 104 valence electrons. The Hall–Kier alpha value is -0.650. The summed E-state index contributed by atoms with van der Waals surface area (Å²) in [6, 6.07) is 0.345. The first-order chi connectivity index (χ1) is 8.57. The molecular formula is C13H24N2O3. The van der Waals surface area contributed by atoms with E-state index in [2.05, 4.69) is 17.3 Å². The quantitative estimate of drug-likeness (QED) is 0.758. The molecule has 1 aliphatic heterocycles. The predicted octanol–water partition coefficient (Wildman–Crippen LogP) is 0.693. The number of rotatable bonds is 5. The van der Waals surface area contributed by atoms with E-state index < -0.39 is 11.5 Å². The van der Waals surface area contributed by atoms with Gasteiger partial charge in [0, 0.05) is 19.2 Å². The molecule has 2 rings (SSSR count). The highest BCUT2D eigenvalue weighted by Crippen LogP contribution is 2.33. The predicted molar refractivity (Wildman–Crippen MR) is 68.7 cm³/mol. The van der Waals surface area contributed by atoms with Gasteiger partial charge in [-0.2, -0.15) is 0 Å². The van der Waals surface area contributed by atoms with Gasteiger partial charge in [-0.25, -0.2) is 0 Å². The zero-order chi connectivity index (χ0) is 13.2. The summed E-state index contributed by atoms with van der Waals surface area (Å²) in [7, 11) is 3.83. The second-order valence-corrected chi connectivity index (χ2v) is 5.61. The van der Waals surface area contributed by atoms with Crippen molar-refractivity contribution in [2.45, 2.75) is 49.8 Å². The minimum Gasteiger partial charge on any atom is -0.480 e. The van der Waals surface area contributed by atoms with Gasteiger partial charge in [0.05, 0.1) is 6.10 Å². The molecule has 18 heavy (non-hydrogen) atoms. The summed E-state index contributed by atoms with van der Waals surface area (Å²) in [4.78, 5) is 13.6. The van der Waals surface area contributed by atoms with Gasteiger partial charge in [-0.3, -0.25) is 4.79 Å². The summed E-state index contributed by atoms with van der Waals surface area (Å²) in [6.07, 6.45) is 4.95. The third-order valence-corrected chi connectivity index (χ3v) is 4.52. The smallest absolute Gasteiger partial charge is 0.323 e. The Kier molecular flexibility index (Phi) is 4.25. The van der Waals surface area contributed by atoms with Crippen LogP contribution < -0.4 is 5.32 Å². The first-order valence-corrected chi connectivity index (χ1v) is 6.81. The van der Waals surface area contributed by atoms with Gasteiger partial charge in [-0.15, -0.1) is 0 Å². The van der Waals surface area contributed by atoms with Crippen molar-refractivity contribution in [3.8, 4) is 0 Å². The molecule has 0 spiro atoms. The van der Waals surface area contributed by atoms with Crippen LogP contribution in [0, 0.1) is 0 Å². The van der Waals surface area contributed by atoms with Crippen LogP contribution in [0.2, 0.25) is 0 Å². The van der Waals surface area contributed by atoms with Gasteiger partial charge in [0.25, 0.3) is 0 Å². The molecule has 2 N–H and O–H groups in total. The van der Waals surface area contributed by atoms with Crippen molar-refractivity contribution < 1.29 is 14.6 Å². The standard InChI is InChI=1S/C13H24N2O3/c1-14-13(12(16)17)6-5-10(8-13)15(2)9-11-4-3-7-18-11/h10-11,14H,3-9H2,1-2H3,(H,16,17). The van der Waals surface area contributed by atoms with Gasteiger partial charge in [-0.1, -0.05) is 0 Å². The lowest BCUT2D eigenvalue weighted by molar-refractivity contribution is -0.144. The van der Waals surface area contributed by atoms with Gasteiger partial charge in [-0.05, 0) is 46.2 Å². The van der Waals surface area contributed by atoms with Crippen molar-refractivity contribution in [2.75, 3.05) is 27.2 Å². The van der Waals surface area contributed by atoms with Crippen molar-refractivity contribution in [3.05, 3.63) is 0 Å². The van der Waals surface area contributed by atoms with Crippen LogP contribution >= 0.6 is 0 Å². The van der Waals surface area contributed by atoms with E-state index in [-0.39, 0.29) is 0 Å². The molecule has 1 heterocycles. The van der Waals surface area contributed by atoms with Crippen molar-refractivity contribution in [1.29, 1.82) is 0 Å². The van der Waals surface area contributed by atoms with Crippen molar-refractivity contribution in [2.24, 2.45) is 0 Å². The second-order valence-electron chi connectivity index (χ2n) is 5.61. The van der Waals surface area contributed by atoms with Crippen LogP contribution in [0.5, 0.6) is 0 Å². The Morgan fingerprint density at radius 2 is 2.33 bits per heavy atom. The summed E-state index contributed by atoms with van der Waals surface area (Å²) < 4.78 is 5.64. The number of hydrogen-bond acceptors (Lipinski definition) is 4. The van der Waals surface area contributed by atoms with E-state index in [0.717, 1.165) is 32.4 Å². The fourth-order valence-electron chi connectivity index (χ4n) is 3.18. The summed E-state index contributed by atoms with van der Waals surface area (Å²) in [5, 5.41) is 12.3. The maximum absolute atomic E-state index is 11.4. The van der Waals surface area contributed by atoms with E-state index in [1.165, 1.54) is 0 Å². The number of nitrogens with one attached hydrogen (secondary N) is 1. The molecule has 3 unspecified atom stereocenters. The lowest BCUT2D eigenvalue weighted by atomic mass is 9.98. The van der Waals surface area contributed by atoms with Crippen LogP contribution in [0.15, 0.2) is 0 Å². The van der Waals surface area contributed by atoms with Crippen LogP contribution in [0.25, 0.3) is 0 Å². The fourth-order valence-corrected chi connectivity index (χ4v) is 3.18. The summed E-state index contributed by atoms with van der Waals surface area (Å²) in [5.74, 6) is -0.724. The molecule has 0 radical (unpaired) electrons. The Bertz CT molecular complexity index is 305. The third-order valence-electron chi connectivity index (χ3n) is 4.52. The fraction of sp³-hybridized carbons (Fsp3) is 0.923. The van der Waals surface area contributed by atoms with Gasteiger partial charge in [0.2, 0.25) is 0 Å². The van der Waals surface area contributed by atoms with Crippen LogP contribution in [-0.4, -0.2) is 60.9 Å². The number of hydrogen-bond donors (Lipinski definition) is 2. The lowest BCUT2D eigenvalue weighted by Gasteiger charge is -2.29. The molecule has 0 amide bonds. The van der Waals surface area contributed by atoms with Crippen molar-refractivity contribution in [1.82, 2.24) is 10.2 Å². The SMILES string of the molecule is CNC1(C(=O)O)CCC(N(C)CC2CCCO2)C1. The average molecular weight is 256 g/mol. The van der Waals surface area contributed by atoms with Gasteiger partial charge >= 0.3 is 5.97 Å². The number of carboxylic acids is 1. The normalized spacial score (nSPS) is 36.4. The maximum Gasteiger partial charge on any atom is 0.323 e. The molecule has 0 aromatic carbocycles. The molecule has 0 aromatic rings. The van der Waals surface area contributed by atoms with Crippen LogP contribution in [0.3, 0.4) is 0 Å². The van der Waals surface area contributed by atoms with E-state index in [4.69, 9.17) is 4.74 Å². The highest BCUT2D eigenvalue weighted by atomic mass is 16.5. The van der Waals surface area contributed by atoms with E-state index in [1.807, 2.05) is 0 Å². The summed E-state index contributed by atoms with van der Waals surface area (Å²) >= 11 is 0. The number of aliphatic carboxylic acids is 1. The lowest BCUT2D eigenvalue weighted by Crippen LogP contribution is -2.49. The number of carbonyl (C=O) groups is 1. The minimum atomic E-state index is -0.727. The molecule has 5 nitrogen and oxygen atoms in total. The molecule has 0 aromatic heterocycles. The van der Waals surface area contributed by atoms with Gasteiger partial charge in [0.15, 0.2) is 0 Å². The van der Waals surface area contributed by atoms with Crippen LogP contribution in [-0.2, 0) is 9.53 Å². The highest BCUT2D eigenvalue weighted by Gasteiger charge is 2.45.